The molecule has 0 radical (unpaired) electrons. The van der Waals surface area contributed by atoms with Gasteiger partial charge in [0.05, 0.1) is 4.92 Å². The molecule has 1 aliphatic heterocycles. The zero-order valence-electron chi connectivity index (χ0n) is 11.5. The first-order valence-electron chi connectivity index (χ1n) is 6.80. The number of hydrogen-bond donors (Lipinski definition) is 1. The van der Waals surface area contributed by atoms with Crippen molar-refractivity contribution in [1.29, 1.82) is 0 Å². The highest BCUT2D eigenvalue weighted by molar-refractivity contribution is 5.96. The topological polar surface area (TPSA) is 75.5 Å². The van der Waals surface area contributed by atoms with Crippen LogP contribution in [-0.4, -0.2) is 47.8 Å². The molecule has 0 aliphatic carbocycles. The third kappa shape index (κ3) is 3.61. The Bertz CT molecular complexity index is 504. The molecule has 0 aromatic heterocycles. The van der Waals surface area contributed by atoms with Gasteiger partial charge in [0.2, 0.25) is 0 Å². The molecule has 1 saturated heterocycles. The van der Waals surface area contributed by atoms with Gasteiger partial charge < -0.3 is 5.32 Å². The van der Waals surface area contributed by atoms with E-state index in [1.807, 2.05) is 0 Å². The summed E-state index contributed by atoms with van der Waals surface area (Å²) in [7, 11) is 0. The minimum Gasteiger partial charge on any atom is -0.314 e. The Balaban J connectivity index is 1.94. The minimum absolute atomic E-state index is 0.0357. The second kappa shape index (κ2) is 6.58. The van der Waals surface area contributed by atoms with Crippen LogP contribution in [0.3, 0.4) is 0 Å². The first kappa shape index (κ1) is 14.6. The fraction of sp³-hybridized carbons (Fsp3) is 0.500. The maximum absolute atomic E-state index is 12.1. The molecular weight excluding hydrogens is 258 g/mol. The first-order valence-corrected chi connectivity index (χ1v) is 6.80. The standard InChI is InChI=1S/C14H19N3O3/c1-11-10-15-6-8-16(11)7-5-14(18)12-3-2-4-13(9-12)17(19)20/h2-4,9,11,15H,5-8,10H2,1H3. The normalized spacial score (nSPS) is 19.8. The van der Waals surface area contributed by atoms with Crippen molar-refractivity contribution in [1.82, 2.24) is 10.2 Å². The smallest absolute Gasteiger partial charge is 0.270 e. The summed E-state index contributed by atoms with van der Waals surface area (Å²) in [5, 5.41) is 14.0. The van der Waals surface area contributed by atoms with Gasteiger partial charge in [0.15, 0.2) is 5.78 Å². The monoisotopic (exact) mass is 277 g/mol. The molecule has 1 fully saturated rings. The molecule has 0 spiro atoms. The molecule has 1 unspecified atom stereocenters. The Hall–Kier alpha value is -1.79. The second-order valence-corrected chi connectivity index (χ2v) is 5.07. The number of carbonyl (C=O) groups excluding carboxylic acids is 1. The molecule has 1 aliphatic rings. The largest absolute Gasteiger partial charge is 0.314 e. The molecule has 0 bridgehead atoms. The maximum Gasteiger partial charge on any atom is 0.270 e. The van der Waals surface area contributed by atoms with E-state index in [4.69, 9.17) is 0 Å². The van der Waals surface area contributed by atoms with Gasteiger partial charge in [-0.2, -0.15) is 0 Å². The molecule has 1 N–H and O–H groups in total. The Morgan fingerprint density at radius 3 is 3.05 bits per heavy atom. The van der Waals surface area contributed by atoms with Crippen LogP contribution in [0.5, 0.6) is 0 Å². The third-order valence-corrected chi connectivity index (χ3v) is 3.64. The summed E-state index contributed by atoms with van der Waals surface area (Å²) in [5.74, 6) is -0.0422. The molecule has 20 heavy (non-hydrogen) atoms. The Morgan fingerprint density at radius 2 is 2.35 bits per heavy atom. The average molecular weight is 277 g/mol. The number of carbonyl (C=O) groups is 1. The van der Waals surface area contributed by atoms with Gasteiger partial charge in [-0.3, -0.25) is 19.8 Å². The first-order chi connectivity index (χ1) is 9.58. The average Bonchev–Trinajstić information content (AvgIpc) is 2.46. The van der Waals surface area contributed by atoms with Crippen molar-refractivity contribution in [2.75, 3.05) is 26.2 Å². The van der Waals surface area contributed by atoms with Crippen LogP contribution in [0.2, 0.25) is 0 Å². The SMILES string of the molecule is CC1CNCCN1CCC(=O)c1cccc([N+](=O)[O-])c1. The van der Waals surface area contributed by atoms with Gasteiger partial charge in [-0.1, -0.05) is 12.1 Å². The summed E-state index contributed by atoms with van der Waals surface area (Å²) < 4.78 is 0. The van der Waals surface area contributed by atoms with E-state index < -0.39 is 4.92 Å². The molecular formula is C14H19N3O3. The number of Topliss-reactive ketones (excluding diaryl/α,β-unsaturated/α-hetero) is 1. The molecule has 108 valence electrons. The number of nitro benzene ring substituents is 1. The number of benzene rings is 1. The lowest BCUT2D eigenvalue weighted by Gasteiger charge is -2.33. The fourth-order valence-corrected chi connectivity index (χ4v) is 2.40. The lowest BCUT2D eigenvalue weighted by molar-refractivity contribution is -0.384. The van der Waals surface area contributed by atoms with Gasteiger partial charge in [0, 0.05) is 56.3 Å². The summed E-state index contributed by atoms with van der Waals surface area (Å²) in [6.45, 7) is 5.64. The number of ketones is 1. The third-order valence-electron chi connectivity index (χ3n) is 3.64. The van der Waals surface area contributed by atoms with E-state index in [9.17, 15) is 14.9 Å². The summed E-state index contributed by atoms with van der Waals surface area (Å²) in [5.41, 5.74) is 0.383. The molecule has 1 aromatic rings. The molecule has 1 heterocycles. The number of nitro groups is 1. The number of hydrogen-bond acceptors (Lipinski definition) is 5. The molecule has 6 nitrogen and oxygen atoms in total. The van der Waals surface area contributed by atoms with Crippen LogP contribution in [0.4, 0.5) is 5.69 Å². The predicted molar refractivity (Wildman–Crippen MR) is 75.9 cm³/mol. The van der Waals surface area contributed by atoms with Gasteiger partial charge in [0.25, 0.3) is 5.69 Å². The molecule has 2 rings (SSSR count). The van der Waals surface area contributed by atoms with Crippen LogP contribution in [-0.2, 0) is 0 Å². The van der Waals surface area contributed by atoms with Crippen LogP contribution in [0.1, 0.15) is 23.7 Å². The summed E-state index contributed by atoms with van der Waals surface area (Å²) in [6.07, 6.45) is 0.394. The van der Waals surface area contributed by atoms with E-state index in [2.05, 4.69) is 17.1 Å². The zero-order chi connectivity index (χ0) is 14.5. The lowest BCUT2D eigenvalue weighted by Crippen LogP contribution is -2.50. The highest BCUT2D eigenvalue weighted by atomic mass is 16.6. The number of nitrogens with zero attached hydrogens (tertiary/aromatic N) is 2. The van der Waals surface area contributed by atoms with Crippen LogP contribution in [0, 0.1) is 10.1 Å². The zero-order valence-corrected chi connectivity index (χ0v) is 11.5. The van der Waals surface area contributed by atoms with Crippen LogP contribution >= 0.6 is 0 Å². The van der Waals surface area contributed by atoms with Gasteiger partial charge >= 0.3 is 0 Å². The number of piperazine rings is 1. The van der Waals surface area contributed by atoms with Crippen molar-refractivity contribution >= 4 is 11.5 Å². The molecule has 1 atom stereocenters. The molecule has 0 amide bonds. The van der Waals surface area contributed by atoms with E-state index >= 15 is 0 Å². The van der Waals surface area contributed by atoms with E-state index in [1.165, 1.54) is 12.1 Å². The van der Waals surface area contributed by atoms with Crippen molar-refractivity contribution < 1.29 is 9.72 Å². The van der Waals surface area contributed by atoms with E-state index in [-0.39, 0.29) is 11.5 Å². The van der Waals surface area contributed by atoms with E-state index in [0.29, 0.717) is 24.6 Å². The van der Waals surface area contributed by atoms with Crippen molar-refractivity contribution in [2.45, 2.75) is 19.4 Å². The Labute approximate surface area is 117 Å². The summed E-state index contributed by atoms with van der Waals surface area (Å²) in [4.78, 5) is 24.6. The van der Waals surface area contributed by atoms with Gasteiger partial charge in [-0.25, -0.2) is 0 Å². The van der Waals surface area contributed by atoms with Crippen molar-refractivity contribution in [3.05, 3.63) is 39.9 Å². The molecule has 1 aromatic carbocycles. The van der Waals surface area contributed by atoms with Crippen molar-refractivity contribution in [2.24, 2.45) is 0 Å². The maximum atomic E-state index is 12.1. The van der Waals surface area contributed by atoms with Gasteiger partial charge in [-0.15, -0.1) is 0 Å². The summed E-state index contributed by atoms with van der Waals surface area (Å²) in [6, 6.07) is 6.36. The second-order valence-electron chi connectivity index (χ2n) is 5.07. The Morgan fingerprint density at radius 1 is 1.55 bits per heavy atom. The number of non-ortho nitro benzene ring substituents is 1. The summed E-state index contributed by atoms with van der Waals surface area (Å²) >= 11 is 0. The number of rotatable bonds is 5. The Kier molecular flexibility index (Phi) is 4.81. The molecule has 0 saturated carbocycles. The van der Waals surface area contributed by atoms with Gasteiger partial charge in [0.1, 0.15) is 0 Å². The van der Waals surface area contributed by atoms with Gasteiger partial charge in [-0.05, 0) is 6.92 Å². The highest BCUT2D eigenvalue weighted by Gasteiger charge is 2.19. The van der Waals surface area contributed by atoms with Crippen molar-refractivity contribution in [3.8, 4) is 0 Å². The highest BCUT2D eigenvalue weighted by Crippen LogP contribution is 2.15. The van der Waals surface area contributed by atoms with Crippen molar-refractivity contribution in [3.63, 3.8) is 0 Å². The van der Waals surface area contributed by atoms with E-state index in [1.54, 1.807) is 12.1 Å². The van der Waals surface area contributed by atoms with Crippen LogP contribution < -0.4 is 5.32 Å². The predicted octanol–water partition coefficient (Wildman–Crippen LogP) is 1.46. The van der Waals surface area contributed by atoms with E-state index in [0.717, 1.165) is 19.6 Å². The number of nitrogens with one attached hydrogen (secondary N) is 1. The quantitative estimate of drug-likeness (QED) is 0.501. The lowest BCUT2D eigenvalue weighted by atomic mass is 10.1. The fourth-order valence-electron chi connectivity index (χ4n) is 2.40. The minimum atomic E-state index is -0.477. The molecule has 6 heteroatoms. The van der Waals surface area contributed by atoms with Crippen LogP contribution in [0.25, 0.3) is 0 Å². The van der Waals surface area contributed by atoms with Crippen LogP contribution in [0.15, 0.2) is 24.3 Å².